The fraction of sp³-hybridized carbons (Fsp3) is 0.421. The van der Waals surface area contributed by atoms with Gasteiger partial charge in [-0.15, -0.1) is 0 Å². The number of pyridine rings is 1. The Hall–Kier alpha value is -2.14. The predicted molar refractivity (Wildman–Crippen MR) is 94.9 cm³/mol. The highest BCUT2D eigenvalue weighted by atomic mass is 35.5. The maximum Gasteiger partial charge on any atom is 0.336 e. The van der Waals surface area contributed by atoms with Gasteiger partial charge in [0.25, 0.3) is 0 Å². The van der Waals surface area contributed by atoms with Gasteiger partial charge >= 0.3 is 5.97 Å². The molecule has 0 fully saturated rings. The third-order valence-electron chi connectivity index (χ3n) is 4.73. The summed E-state index contributed by atoms with van der Waals surface area (Å²) in [5.74, 6) is -0.890. The predicted octanol–water partition coefficient (Wildman–Crippen LogP) is 3.51. The summed E-state index contributed by atoms with van der Waals surface area (Å²) in [5, 5.41) is 3.64. The molecular formula is C19H21ClN2O3. The molecule has 0 bridgehead atoms. The second-order valence-corrected chi connectivity index (χ2v) is 7.72. The van der Waals surface area contributed by atoms with Gasteiger partial charge in [0.05, 0.1) is 12.7 Å². The second kappa shape index (κ2) is 6.30. The van der Waals surface area contributed by atoms with Crippen LogP contribution in [0.3, 0.4) is 0 Å². The summed E-state index contributed by atoms with van der Waals surface area (Å²) in [5.41, 5.74) is 3.30. The molecule has 5 nitrogen and oxygen atoms in total. The van der Waals surface area contributed by atoms with Crippen molar-refractivity contribution in [2.24, 2.45) is 5.41 Å². The van der Waals surface area contributed by atoms with Crippen LogP contribution in [0.1, 0.15) is 45.1 Å². The number of ketones is 1. The molecule has 1 atom stereocenters. The molecule has 0 amide bonds. The Bertz CT molecular complexity index is 806. The van der Waals surface area contributed by atoms with Crippen molar-refractivity contribution in [2.45, 2.75) is 39.5 Å². The van der Waals surface area contributed by atoms with Gasteiger partial charge < -0.3 is 10.1 Å². The molecule has 1 aromatic heterocycles. The van der Waals surface area contributed by atoms with E-state index >= 15 is 0 Å². The number of halogens is 1. The van der Waals surface area contributed by atoms with Gasteiger partial charge in [-0.2, -0.15) is 0 Å². The summed E-state index contributed by atoms with van der Waals surface area (Å²) >= 11 is 5.90. The molecule has 0 aromatic carbocycles. The molecule has 0 saturated carbocycles. The van der Waals surface area contributed by atoms with Crippen molar-refractivity contribution in [2.75, 3.05) is 7.11 Å². The number of methoxy groups -OCH3 is 1. The molecule has 1 aliphatic carbocycles. The number of allylic oxidation sites excluding steroid dienone is 3. The molecule has 1 N–H and O–H groups in total. The lowest BCUT2D eigenvalue weighted by molar-refractivity contribution is -0.136. The van der Waals surface area contributed by atoms with E-state index in [2.05, 4.69) is 24.1 Å². The first-order valence-corrected chi connectivity index (χ1v) is 8.55. The first-order chi connectivity index (χ1) is 11.7. The number of aromatic nitrogens is 1. The molecule has 132 valence electrons. The highest BCUT2D eigenvalue weighted by Gasteiger charge is 2.43. The zero-order chi connectivity index (χ0) is 18.4. The van der Waals surface area contributed by atoms with Gasteiger partial charge in [0.15, 0.2) is 5.78 Å². The Morgan fingerprint density at radius 1 is 1.36 bits per heavy atom. The van der Waals surface area contributed by atoms with Crippen molar-refractivity contribution in [1.29, 1.82) is 0 Å². The number of nitrogens with zero attached hydrogens (tertiary/aromatic N) is 1. The highest BCUT2D eigenvalue weighted by molar-refractivity contribution is 6.29. The third-order valence-corrected chi connectivity index (χ3v) is 4.95. The zero-order valence-corrected chi connectivity index (χ0v) is 15.5. The Morgan fingerprint density at radius 3 is 2.68 bits per heavy atom. The average molecular weight is 361 g/mol. The first-order valence-electron chi connectivity index (χ1n) is 8.17. The summed E-state index contributed by atoms with van der Waals surface area (Å²) in [6.45, 7) is 5.98. The minimum absolute atomic E-state index is 0.0487. The number of rotatable bonds is 2. The normalized spacial score (nSPS) is 22.4. The van der Waals surface area contributed by atoms with E-state index in [0.29, 0.717) is 28.4 Å². The van der Waals surface area contributed by atoms with Crippen LogP contribution in [0.25, 0.3) is 0 Å². The van der Waals surface area contributed by atoms with Gasteiger partial charge in [-0.25, -0.2) is 9.78 Å². The quantitative estimate of drug-likeness (QED) is 0.645. The van der Waals surface area contributed by atoms with E-state index in [4.69, 9.17) is 16.3 Å². The number of carbonyl (C=O) groups is 2. The lowest BCUT2D eigenvalue weighted by Gasteiger charge is -2.39. The van der Waals surface area contributed by atoms with Crippen molar-refractivity contribution in [1.82, 2.24) is 10.3 Å². The molecule has 1 unspecified atom stereocenters. The number of hydrogen-bond acceptors (Lipinski definition) is 5. The number of nitrogens with one attached hydrogen (secondary N) is 1. The van der Waals surface area contributed by atoms with E-state index < -0.39 is 11.9 Å². The maximum atomic E-state index is 12.9. The van der Waals surface area contributed by atoms with E-state index in [1.54, 1.807) is 18.3 Å². The van der Waals surface area contributed by atoms with Gasteiger partial charge in [-0.1, -0.05) is 31.5 Å². The van der Waals surface area contributed by atoms with Crippen LogP contribution in [-0.4, -0.2) is 23.8 Å². The minimum Gasteiger partial charge on any atom is -0.466 e. The van der Waals surface area contributed by atoms with Crippen LogP contribution in [0.2, 0.25) is 5.15 Å². The maximum absolute atomic E-state index is 12.9. The van der Waals surface area contributed by atoms with E-state index in [9.17, 15) is 9.59 Å². The number of esters is 1. The third kappa shape index (κ3) is 3.21. The average Bonchev–Trinajstić information content (AvgIpc) is 2.52. The zero-order valence-electron chi connectivity index (χ0n) is 14.8. The number of hydrogen-bond donors (Lipinski definition) is 1. The molecule has 0 radical (unpaired) electrons. The number of carbonyl (C=O) groups excluding carboxylic acids is 2. The summed E-state index contributed by atoms with van der Waals surface area (Å²) in [6, 6.07) is 3.47. The van der Waals surface area contributed by atoms with Crippen LogP contribution in [0.5, 0.6) is 0 Å². The van der Waals surface area contributed by atoms with Gasteiger partial charge in [-0.05, 0) is 30.4 Å². The molecule has 1 aliphatic heterocycles. The standard InChI is InChI=1S/C19H21ClN2O3/c1-10-15(18(24)25-4)16(11-5-6-14(20)21-9-11)17-12(22-10)7-19(2,3)8-13(17)23/h5-6,9,16,22H,7-8H2,1-4H3. The number of dihydropyridines is 1. The molecule has 25 heavy (non-hydrogen) atoms. The van der Waals surface area contributed by atoms with Crippen LogP contribution in [0.15, 0.2) is 40.9 Å². The molecule has 6 heteroatoms. The molecule has 1 aromatic rings. The molecular weight excluding hydrogens is 340 g/mol. The lowest BCUT2D eigenvalue weighted by atomic mass is 9.69. The molecule has 0 spiro atoms. The second-order valence-electron chi connectivity index (χ2n) is 7.34. The van der Waals surface area contributed by atoms with Crippen LogP contribution in [0.4, 0.5) is 0 Å². The smallest absolute Gasteiger partial charge is 0.336 e. The summed E-state index contributed by atoms with van der Waals surface area (Å²) in [6.07, 6.45) is 2.81. The van der Waals surface area contributed by atoms with Crippen LogP contribution < -0.4 is 5.32 Å². The molecule has 2 aliphatic rings. The monoisotopic (exact) mass is 360 g/mol. The minimum atomic E-state index is -0.489. The van der Waals surface area contributed by atoms with Crippen LogP contribution >= 0.6 is 11.6 Å². The Balaban J connectivity index is 2.19. The van der Waals surface area contributed by atoms with E-state index in [1.165, 1.54) is 7.11 Å². The summed E-state index contributed by atoms with van der Waals surface area (Å²) in [4.78, 5) is 29.5. The van der Waals surface area contributed by atoms with Gasteiger partial charge in [0.2, 0.25) is 0 Å². The fourth-order valence-corrected chi connectivity index (χ4v) is 3.82. The topological polar surface area (TPSA) is 68.3 Å². The molecule has 3 rings (SSSR count). The summed E-state index contributed by atoms with van der Waals surface area (Å²) < 4.78 is 4.97. The van der Waals surface area contributed by atoms with Crippen LogP contribution in [0, 0.1) is 5.41 Å². The number of ether oxygens (including phenoxy) is 1. The van der Waals surface area contributed by atoms with Crippen molar-refractivity contribution in [3.63, 3.8) is 0 Å². The van der Waals surface area contributed by atoms with E-state index in [-0.39, 0.29) is 11.2 Å². The Labute approximate surface area is 152 Å². The van der Waals surface area contributed by atoms with E-state index in [0.717, 1.165) is 17.7 Å². The van der Waals surface area contributed by atoms with Gasteiger partial charge in [-0.3, -0.25) is 4.79 Å². The van der Waals surface area contributed by atoms with Gasteiger partial charge in [0.1, 0.15) is 5.15 Å². The van der Waals surface area contributed by atoms with Crippen molar-refractivity contribution in [3.8, 4) is 0 Å². The Kier molecular flexibility index (Phi) is 4.45. The fourth-order valence-electron chi connectivity index (χ4n) is 3.71. The SMILES string of the molecule is COC(=O)C1=C(C)NC2=C(C(=O)CC(C)(C)C2)C1c1ccc(Cl)nc1. The van der Waals surface area contributed by atoms with Crippen molar-refractivity contribution >= 4 is 23.4 Å². The largest absolute Gasteiger partial charge is 0.466 e. The van der Waals surface area contributed by atoms with E-state index in [1.807, 2.05) is 6.92 Å². The van der Waals surface area contributed by atoms with Crippen LogP contribution in [-0.2, 0) is 14.3 Å². The number of Topliss-reactive ketones (excluding diaryl/α,β-unsaturated/α-hetero) is 1. The Morgan fingerprint density at radius 2 is 2.08 bits per heavy atom. The first kappa shape index (κ1) is 17.7. The summed E-state index contributed by atoms with van der Waals surface area (Å²) in [7, 11) is 1.34. The van der Waals surface area contributed by atoms with Crippen molar-refractivity contribution < 1.29 is 14.3 Å². The van der Waals surface area contributed by atoms with Gasteiger partial charge in [0, 0.05) is 35.5 Å². The highest BCUT2D eigenvalue weighted by Crippen LogP contribution is 2.46. The molecule has 2 heterocycles. The lowest BCUT2D eigenvalue weighted by Crippen LogP contribution is -2.38. The van der Waals surface area contributed by atoms with Crippen molar-refractivity contribution in [3.05, 3.63) is 51.6 Å². The molecule has 0 saturated heterocycles.